The summed E-state index contributed by atoms with van der Waals surface area (Å²) in [7, 11) is 2.12. The summed E-state index contributed by atoms with van der Waals surface area (Å²) in [6, 6.07) is 5.97. The summed E-state index contributed by atoms with van der Waals surface area (Å²) in [5.41, 5.74) is 3.01. The molecule has 2 aliphatic rings. The minimum atomic E-state index is -0.203. The highest BCUT2D eigenvalue weighted by Crippen LogP contribution is 2.26. The van der Waals surface area contributed by atoms with Crippen molar-refractivity contribution in [2.45, 2.75) is 58.2 Å². The summed E-state index contributed by atoms with van der Waals surface area (Å²) < 4.78 is 3.85. The van der Waals surface area contributed by atoms with Crippen molar-refractivity contribution in [1.82, 2.24) is 44.6 Å². The number of carbonyl (C=O) groups excluding carboxylic acids is 1. The van der Waals surface area contributed by atoms with Crippen LogP contribution in [0.4, 0.5) is 17.5 Å². The first-order chi connectivity index (χ1) is 18.7. The topological polar surface area (TPSA) is 121 Å². The van der Waals surface area contributed by atoms with Gasteiger partial charge in [-0.15, -0.1) is 0 Å². The van der Waals surface area contributed by atoms with Crippen LogP contribution in [-0.2, 0) is 18.5 Å². The molecule has 2 N–H and O–H groups in total. The van der Waals surface area contributed by atoms with Crippen molar-refractivity contribution in [3.05, 3.63) is 53.9 Å². The SMILES string of the molecule is CN1CCn2nc(Nc3cc(N4CCC[C@@H](NC(=O)c5cnc(C(C)(C)C)cn5)C4)nc4ccnn34)cc2C1. The normalized spacial score (nSPS) is 18.3. The van der Waals surface area contributed by atoms with Gasteiger partial charge in [0.05, 0.1) is 30.3 Å². The van der Waals surface area contributed by atoms with Crippen LogP contribution in [-0.4, -0.2) is 77.9 Å². The van der Waals surface area contributed by atoms with Crippen LogP contribution >= 0.6 is 0 Å². The number of aromatic nitrogens is 7. The van der Waals surface area contributed by atoms with E-state index < -0.39 is 0 Å². The second kappa shape index (κ2) is 9.92. The number of nitrogens with one attached hydrogen (secondary N) is 2. The molecule has 1 atom stereocenters. The van der Waals surface area contributed by atoms with Crippen LogP contribution in [0.25, 0.3) is 5.65 Å². The molecule has 12 nitrogen and oxygen atoms in total. The fourth-order valence-corrected chi connectivity index (χ4v) is 5.14. The number of rotatable bonds is 5. The van der Waals surface area contributed by atoms with Crippen LogP contribution in [0, 0.1) is 0 Å². The standard InChI is InChI=1S/C27H35N11O/c1-27(2,3)21-15-28-20(14-29-21)26(39)31-18-6-5-9-36(16-18)24-13-25(38-23(33-24)7-8-30-38)32-22-12-19-17-35(4)10-11-37(19)34-22/h7-8,12-15,18H,5-6,9-11,16-17H2,1-4H3,(H,31,39)(H,32,34)/t18-/m1/s1. The van der Waals surface area contributed by atoms with Gasteiger partial charge in [-0.2, -0.15) is 14.7 Å². The van der Waals surface area contributed by atoms with E-state index in [1.54, 1.807) is 23.1 Å². The molecule has 0 radical (unpaired) electrons. The predicted octanol–water partition coefficient (Wildman–Crippen LogP) is 2.60. The van der Waals surface area contributed by atoms with Crippen molar-refractivity contribution in [1.29, 1.82) is 0 Å². The molecule has 1 saturated heterocycles. The molecule has 0 bridgehead atoms. The maximum absolute atomic E-state index is 12.9. The highest BCUT2D eigenvalue weighted by Gasteiger charge is 2.25. The van der Waals surface area contributed by atoms with E-state index in [9.17, 15) is 4.79 Å². The lowest BCUT2D eigenvalue weighted by Gasteiger charge is -2.34. The lowest BCUT2D eigenvalue weighted by atomic mass is 9.93. The molecule has 2 aliphatic heterocycles. The van der Waals surface area contributed by atoms with Crippen molar-refractivity contribution in [2.75, 3.05) is 36.9 Å². The van der Waals surface area contributed by atoms with Crippen LogP contribution in [0.2, 0.25) is 0 Å². The Bertz CT molecular complexity index is 1480. The zero-order chi connectivity index (χ0) is 27.1. The molecule has 1 amide bonds. The van der Waals surface area contributed by atoms with Crippen LogP contribution in [0.3, 0.4) is 0 Å². The van der Waals surface area contributed by atoms with Gasteiger partial charge in [-0.05, 0) is 19.9 Å². The summed E-state index contributed by atoms with van der Waals surface area (Å²) in [4.78, 5) is 31.1. The Morgan fingerprint density at radius 2 is 1.97 bits per heavy atom. The first-order valence-electron chi connectivity index (χ1n) is 13.5. The summed E-state index contributed by atoms with van der Waals surface area (Å²) in [5, 5.41) is 15.8. The molecule has 4 aromatic rings. The van der Waals surface area contributed by atoms with Crippen LogP contribution in [0.5, 0.6) is 0 Å². The monoisotopic (exact) mass is 529 g/mol. The van der Waals surface area contributed by atoms with Crippen molar-refractivity contribution in [3.8, 4) is 0 Å². The number of hydrogen-bond donors (Lipinski definition) is 2. The van der Waals surface area contributed by atoms with E-state index in [1.807, 2.05) is 12.1 Å². The number of piperidine rings is 1. The van der Waals surface area contributed by atoms with Crippen molar-refractivity contribution in [3.63, 3.8) is 0 Å². The van der Waals surface area contributed by atoms with Gasteiger partial charge in [-0.3, -0.25) is 19.4 Å². The predicted molar refractivity (Wildman–Crippen MR) is 148 cm³/mol. The average Bonchev–Trinajstić information content (AvgIpc) is 3.55. The molecule has 0 aliphatic carbocycles. The largest absolute Gasteiger partial charge is 0.354 e. The second-order valence-electron chi connectivity index (χ2n) is 11.5. The molecule has 204 valence electrons. The lowest BCUT2D eigenvalue weighted by molar-refractivity contribution is 0.0927. The van der Waals surface area contributed by atoms with E-state index in [0.29, 0.717) is 12.2 Å². The van der Waals surface area contributed by atoms with Gasteiger partial charge in [0.25, 0.3) is 5.91 Å². The van der Waals surface area contributed by atoms with E-state index in [4.69, 9.17) is 10.1 Å². The van der Waals surface area contributed by atoms with Gasteiger partial charge < -0.3 is 15.5 Å². The molecule has 39 heavy (non-hydrogen) atoms. The molecule has 0 spiro atoms. The van der Waals surface area contributed by atoms with Gasteiger partial charge in [0.1, 0.15) is 17.3 Å². The number of likely N-dealkylation sites (N-methyl/N-ethyl adjacent to an activating group) is 1. The summed E-state index contributed by atoms with van der Waals surface area (Å²) >= 11 is 0. The Kier molecular flexibility index (Phi) is 6.42. The average molecular weight is 530 g/mol. The second-order valence-corrected chi connectivity index (χ2v) is 11.5. The fraction of sp³-hybridized carbons (Fsp3) is 0.481. The van der Waals surface area contributed by atoms with Crippen molar-refractivity contribution >= 4 is 29.0 Å². The third kappa shape index (κ3) is 5.29. The van der Waals surface area contributed by atoms with Gasteiger partial charge in [-0.1, -0.05) is 20.8 Å². The molecule has 6 heterocycles. The third-order valence-corrected chi connectivity index (χ3v) is 7.32. The van der Waals surface area contributed by atoms with Crippen molar-refractivity contribution < 1.29 is 4.79 Å². The zero-order valence-electron chi connectivity index (χ0n) is 22.9. The molecule has 12 heteroatoms. The molecular weight excluding hydrogens is 494 g/mol. The summed E-state index contributed by atoms with van der Waals surface area (Å²) in [5.74, 6) is 2.22. The number of amides is 1. The van der Waals surface area contributed by atoms with Gasteiger partial charge in [0.15, 0.2) is 11.5 Å². The summed E-state index contributed by atoms with van der Waals surface area (Å²) in [6.07, 6.45) is 6.83. The first kappa shape index (κ1) is 25.2. The molecule has 0 unspecified atom stereocenters. The Hall–Kier alpha value is -4.06. The lowest BCUT2D eigenvalue weighted by Crippen LogP contribution is -2.48. The van der Waals surface area contributed by atoms with E-state index in [2.05, 4.69) is 74.1 Å². The van der Waals surface area contributed by atoms with Gasteiger partial charge >= 0.3 is 0 Å². The zero-order valence-corrected chi connectivity index (χ0v) is 22.9. The minimum absolute atomic E-state index is 0.0217. The van der Waals surface area contributed by atoms with E-state index >= 15 is 0 Å². The molecule has 0 saturated carbocycles. The quantitative estimate of drug-likeness (QED) is 0.402. The van der Waals surface area contributed by atoms with Crippen LogP contribution < -0.4 is 15.5 Å². The number of fused-ring (bicyclic) bond motifs is 2. The smallest absolute Gasteiger partial charge is 0.271 e. The Labute approximate surface area is 227 Å². The Morgan fingerprint density at radius 3 is 2.77 bits per heavy atom. The number of nitrogens with zero attached hydrogens (tertiary/aromatic N) is 9. The molecule has 1 fully saturated rings. The maximum Gasteiger partial charge on any atom is 0.271 e. The maximum atomic E-state index is 12.9. The first-order valence-corrected chi connectivity index (χ1v) is 13.5. The molecular formula is C27H35N11O. The fourth-order valence-electron chi connectivity index (χ4n) is 5.14. The van der Waals surface area contributed by atoms with Crippen molar-refractivity contribution in [2.24, 2.45) is 0 Å². The minimum Gasteiger partial charge on any atom is -0.354 e. The number of hydrogen-bond acceptors (Lipinski definition) is 9. The molecule has 6 rings (SSSR count). The van der Waals surface area contributed by atoms with Crippen LogP contribution in [0.15, 0.2) is 36.8 Å². The summed E-state index contributed by atoms with van der Waals surface area (Å²) in [6.45, 7) is 10.5. The van der Waals surface area contributed by atoms with E-state index in [-0.39, 0.29) is 17.4 Å². The highest BCUT2D eigenvalue weighted by atomic mass is 16.2. The Balaban J connectivity index is 1.18. The number of anilines is 3. The Morgan fingerprint density at radius 1 is 1.10 bits per heavy atom. The van der Waals surface area contributed by atoms with Gasteiger partial charge in [-0.25, -0.2) is 9.97 Å². The highest BCUT2D eigenvalue weighted by molar-refractivity contribution is 5.92. The molecule has 4 aromatic heterocycles. The van der Waals surface area contributed by atoms with E-state index in [0.717, 1.165) is 67.8 Å². The van der Waals surface area contributed by atoms with E-state index in [1.165, 1.54) is 5.69 Å². The van der Waals surface area contributed by atoms with Gasteiger partial charge in [0.2, 0.25) is 0 Å². The van der Waals surface area contributed by atoms with Crippen LogP contribution in [0.1, 0.15) is 55.5 Å². The number of carbonyl (C=O) groups is 1. The molecule has 0 aromatic carbocycles. The third-order valence-electron chi connectivity index (χ3n) is 7.32. The van der Waals surface area contributed by atoms with Gasteiger partial charge in [0, 0.05) is 62.0 Å².